The van der Waals surface area contributed by atoms with E-state index in [-0.39, 0.29) is 6.10 Å². The average Bonchev–Trinajstić information content (AvgIpc) is 2.15. The predicted molar refractivity (Wildman–Crippen MR) is 62.4 cm³/mol. The second-order valence-corrected chi connectivity index (χ2v) is 4.46. The lowest BCUT2D eigenvalue weighted by atomic mass is 9.88. The summed E-state index contributed by atoms with van der Waals surface area (Å²) in [6.07, 6.45) is 3.79. The summed E-state index contributed by atoms with van der Waals surface area (Å²) in [6.45, 7) is 3.94. The Morgan fingerprint density at radius 3 is 2.88 bits per heavy atom. The van der Waals surface area contributed by atoms with Crippen LogP contribution in [-0.4, -0.2) is 28.2 Å². The first kappa shape index (κ1) is 11.1. The van der Waals surface area contributed by atoms with E-state index in [0.29, 0.717) is 23.9 Å². The van der Waals surface area contributed by atoms with E-state index in [1.807, 2.05) is 13.8 Å². The smallest absolute Gasteiger partial charge is 0.226 e. The molecular weight excluding hydrogens is 204 g/mol. The van der Waals surface area contributed by atoms with E-state index in [9.17, 15) is 0 Å². The summed E-state index contributed by atoms with van der Waals surface area (Å²) in [4.78, 5) is 8.43. The normalized spacial score (nSPS) is 24.0. The molecule has 0 radical (unpaired) electrons. The summed E-state index contributed by atoms with van der Waals surface area (Å²) in [7, 11) is 0. The molecule has 0 aromatic carbocycles. The molecule has 1 fully saturated rings. The molecule has 1 saturated carbocycles. The van der Waals surface area contributed by atoms with Gasteiger partial charge in [0.05, 0.1) is 6.10 Å². The minimum Gasteiger partial charge on any atom is -0.475 e. The van der Waals surface area contributed by atoms with Crippen molar-refractivity contribution in [3.05, 3.63) is 12.3 Å². The molecule has 0 unspecified atom stereocenters. The topological polar surface area (TPSA) is 73.1 Å². The maximum Gasteiger partial charge on any atom is 0.226 e. The second kappa shape index (κ2) is 4.65. The van der Waals surface area contributed by atoms with E-state index < -0.39 is 0 Å². The largest absolute Gasteiger partial charge is 0.475 e. The zero-order chi connectivity index (χ0) is 11.5. The molecule has 0 spiro atoms. The lowest BCUT2D eigenvalue weighted by molar-refractivity contribution is 0.232. The molecule has 0 atom stereocenters. The van der Waals surface area contributed by atoms with Crippen molar-refractivity contribution < 1.29 is 4.74 Å². The number of ether oxygens (including phenoxy) is 1. The Kier molecular flexibility index (Phi) is 3.24. The van der Waals surface area contributed by atoms with E-state index >= 15 is 0 Å². The molecule has 1 aliphatic rings. The van der Waals surface area contributed by atoms with Gasteiger partial charge < -0.3 is 15.8 Å². The van der Waals surface area contributed by atoms with E-state index in [1.54, 1.807) is 12.3 Å². The number of nitrogens with two attached hydrogens (primary N) is 1. The van der Waals surface area contributed by atoms with Crippen molar-refractivity contribution in [2.24, 2.45) is 5.73 Å². The van der Waals surface area contributed by atoms with Crippen molar-refractivity contribution in [3.63, 3.8) is 0 Å². The molecule has 5 heteroatoms. The van der Waals surface area contributed by atoms with Crippen LogP contribution >= 0.6 is 0 Å². The van der Waals surface area contributed by atoms with Crippen LogP contribution in [0.25, 0.3) is 0 Å². The molecule has 1 aliphatic carbocycles. The van der Waals surface area contributed by atoms with Crippen LogP contribution in [0.3, 0.4) is 0 Å². The highest BCUT2D eigenvalue weighted by molar-refractivity contribution is 5.30. The lowest BCUT2D eigenvalue weighted by Crippen LogP contribution is -2.44. The zero-order valence-electron chi connectivity index (χ0n) is 9.68. The number of rotatable bonds is 4. The molecule has 0 bridgehead atoms. The first-order valence-electron chi connectivity index (χ1n) is 5.65. The van der Waals surface area contributed by atoms with Gasteiger partial charge in [-0.3, -0.25) is 0 Å². The fraction of sp³-hybridized carbons (Fsp3) is 0.636. The second-order valence-electron chi connectivity index (χ2n) is 4.46. The predicted octanol–water partition coefficient (Wildman–Crippen LogP) is 1.17. The first-order chi connectivity index (χ1) is 7.63. The van der Waals surface area contributed by atoms with Crippen LogP contribution < -0.4 is 15.8 Å². The van der Waals surface area contributed by atoms with Gasteiger partial charge in [-0.05, 0) is 26.7 Å². The molecule has 2 rings (SSSR count). The molecule has 3 N–H and O–H groups in total. The third-order valence-electron chi connectivity index (χ3n) is 2.49. The van der Waals surface area contributed by atoms with Gasteiger partial charge in [0.25, 0.3) is 0 Å². The first-order valence-corrected chi connectivity index (χ1v) is 5.65. The fourth-order valence-electron chi connectivity index (χ4n) is 1.68. The Bertz CT molecular complexity index is 350. The van der Waals surface area contributed by atoms with Gasteiger partial charge in [0.15, 0.2) is 0 Å². The monoisotopic (exact) mass is 222 g/mol. The van der Waals surface area contributed by atoms with Gasteiger partial charge in [-0.2, -0.15) is 4.98 Å². The van der Waals surface area contributed by atoms with Crippen molar-refractivity contribution in [2.75, 3.05) is 5.32 Å². The van der Waals surface area contributed by atoms with Gasteiger partial charge in [-0.25, -0.2) is 4.98 Å². The number of aromatic nitrogens is 2. The maximum atomic E-state index is 5.71. The molecule has 88 valence electrons. The van der Waals surface area contributed by atoms with Gasteiger partial charge in [-0.15, -0.1) is 0 Å². The quantitative estimate of drug-likeness (QED) is 0.800. The molecule has 5 nitrogen and oxygen atoms in total. The highest BCUT2D eigenvalue weighted by Crippen LogP contribution is 2.21. The van der Waals surface area contributed by atoms with Crippen LogP contribution in [-0.2, 0) is 0 Å². The summed E-state index contributed by atoms with van der Waals surface area (Å²) >= 11 is 0. The average molecular weight is 222 g/mol. The van der Waals surface area contributed by atoms with Gasteiger partial charge in [0.1, 0.15) is 0 Å². The lowest BCUT2D eigenvalue weighted by Gasteiger charge is -2.32. The van der Waals surface area contributed by atoms with Gasteiger partial charge in [0, 0.05) is 24.3 Å². The minimum atomic E-state index is 0.125. The maximum absolute atomic E-state index is 5.71. The van der Waals surface area contributed by atoms with Crippen LogP contribution in [0.5, 0.6) is 5.88 Å². The van der Waals surface area contributed by atoms with E-state index in [0.717, 1.165) is 12.8 Å². The van der Waals surface area contributed by atoms with E-state index in [1.165, 1.54) is 0 Å². The summed E-state index contributed by atoms with van der Waals surface area (Å²) in [6, 6.07) is 2.49. The number of hydrogen-bond donors (Lipinski definition) is 2. The van der Waals surface area contributed by atoms with Crippen LogP contribution in [0, 0.1) is 0 Å². The molecule has 1 aromatic rings. The summed E-state index contributed by atoms with van der Waals surface area (Å²) in [5.41, 5.74) is 5.71. The Morgan fingerprint density at radius 2 is 2.25 bits per heavy atom. The van der Waals surface area contributed by atoms with Crippen molar-refractivity contribution in [2.45, 2.75) is 44.9 Å². The van der Waals surface area contributed by atoms with Crippen molar-refractivity contribution in [3.8, 4) is 5.88 Å². The number of anilines is 1. The number of hydrogen-bond acceptors (Lipinski definition) is 5. The van der Waals surface area contributed by atoms with Gasteiger partial charge >= 0.3 is 0 Å². The fourth-order valence-corrected chi connectivity index (χ4v) is 1.68. The standard InChI is InChI=1S/C11H18N4O/c1-7(2)16-10-3-4-13-11(15-10)14-9-5-8(12)6-9/h3-4,7-9H,5-6,12H2,1-2H3,(H,13,14,15). The Balaban J connectivity index is 1.93. The van der Waals surface area contributed by atoms with Crippen molar-refractivity contribution in [1.29, 1.82) is 0 Å². The molecular formula is C11H18N4O. The number of nitrogens with one attached hydrogen (secondary N) is 1. The third-order valence-corrected chi connectivity index (χ3v) is 2.49. The van der Waals surface area contributed by atoms with Gasteiger partial charge in [-0.1, -0.05) is 0 Å². The van der Waals surface area contributed by atoms with Crippen molar-refractivity contribution in [1.82, 2.24) is 9.97 Å². The number of nitrogens with zero attached hydrogens (tertiary/aromatic N) is 2. The highest BCUT2D eigenvalue weighted by atomic mass is 16.5. The summed E-state index contributed by atoms with van der Waals surface area (Å²) in [5.74, 6) is 1.23. The molecule has 1 heterocycles. The summed E-state index contributed by atoms with van der Waals surface area (Å²) in [5, 5.41) is 3.24. The summed E-state index contributed by atoms with van der Waals surface area (Å²) < 4.78 is 5.49. The molecule has 0 amide bonds. The SMILES string of the molecule is CC(C)Oc1ccnc(NC2CC(N)C2)n1. The molecule has 16 heavy (non-hydrogen) atoms. The Hall–Kier alpha value is -1.36. The van der Waals surface area contributed by atoms with Gasteiger partial charge in [0.2, 0.25) is 11.8 Å². The molecule has 0 saturated heterocycles. The van der Waals surface area contributed by atoms with Crippen LogP contribution in [0.4, 0.5) is 5.95 Å². The molecule has 0 aliphatic heterocycles. The Labute approximate surface area is 95.4 Å². The highest BCUT2D eigenvalue weighted by Gasteiger charge is 2.26. The minimum absolute atomic E-state index is 0.125. The zero-order valence-corrected chi connectivity index (χ0v) is 9.68. The van der Waals surface area contributed by atoms with E-state index in [4.69, 9.17) is 10.5 Å². The molecule has 1 aromatic heterocycles. The van der Waals surface area contributed by atoms with Crippen LogP contribution in [0.15, 0.2) is 12.3 Å². The Morgan fingerprint density at radius 1 is 1.50 bits per heavy atom. The third kappa shape index (κ3) is 2.82. The van der Waals surface area contributed by atoms with Crippen molar-refractivity contribution >= 4 is 5.95 Å². The van der Waals surface area contributed by atoms with E-state index in [2.05, 4.69) is 15.3 Å². The van der Waals surface area contributed by atoms with Crippen LogP contribution in [0.2, 0.25) is 0 Å². The van der Waals surface area contributed by atoms with Crippen LogP contribution in [0.1, 0.15) is 26.7 Å².